The van der Waals surface area contributed by atoms with Crippen LogP contribution >= 0.6 is 11.6 Å². The van der Waals surface area contributed by atoms with Crippen LogP contribution in [0.2, 0.25) is 5.02 Å². The summed E-state index contributed by atoms with van der Waals surface area (Å²) in [5.74, 6) is 0.0857. The first-order chi connectivity index (χ1) is 17.0. The minimum absolute atomic E-state index is 0.103. The fourth-order valence-corrected chi connectivity index (χ4v) is 4.13. The third-order valence-corrected chi connectivity index (χ3v) is 6.01. The van der Waals surface area contributed by atoms with E-state index >= 15 is 0 Å². The Morgan fingerprint density at radius 1 is 1.06 bits per heavy atom. The lowest BCUT2D eigenvalue weighted by Crippen LogP contribution is -2.26. The van der Waals surface area contributed by atoms with Crippen molar-refractivity contribution in [3.05, 3.63) is 101 Å². The van der Waals surface area contributed by atoms with Gasteiger partial charge in [0, 0.05) is 33.6 Å². The van der Waals surface area contributed by atoms with E-state index < -0.39 is 0 Å². The van der Waals surface area contributed by atoms with E-state index in [-0.39, 0.29) is 24.3 Å². The first kappa shape index (κ1) is 22.6. The zero-order chi connectivity index (χ0) is 24.4. The van der Waals surface area contributed by atoms with Crippen molar-refractivity contribution in [3.63, 3.8) is 0 Å². The summed E-state index contributed by atoms with van der Waals surface area (Å²) in [6.07, 6.45) is 1.83. The van der Waals surface area contributed by atoms with Crippen LogP contribution in [0.3, 0.4) is 0 Å². The summed E-state index contributed by atoms with van der Waals surface area (Å²) < 4.78 is 0. The molecule has 5 rings (SSSR count). The van der Waals surface area contributed by atoms with E-state index in [4.69, 9.17) is 11.6 Å². The Balaban J connectivity index is 1.33. The first-order valence-electron chi connectivity index (χ1n) is 11.1. The molecule has 0 bridgehead atoms. The monoisotopic (exact) mass is 483 g/mol. The van der Waals surface area contributed by atoms with Crippen LogP contribution in [-0.4, -0.2) is 21.8 Å². The van der Waals surface area contributed by atoms with Crippen LogP contribution < -0.4 is 16.0 Å². The SMILES string of the molecule is CC(NC(=O)c1ccc(Nc2ncc3c(n2)-c2ccc(Cl)cc2NC(=O)C3)cc1)c1ccccc1. The number of nitrogens with one attached hydrogen (secondary N) is 3. The topological polar surface area (TPSA) is 96.0 Å². The fourth-order valence-electron chi connectivity index (χ4n) is 3.96. The third-order valence-electron chi connectivity index (χ3n) is 5.78. The molecule has 1 atom stereocenters. The third kappa shape index (κ3) is 5.00. The second-order valence-electron chi connectivity index (χ2n) is 8.29. The summed E-state index contributed by atoms with van der Waals surface area (Å²) in [6.45, 7) is 1.95. The number of hydrogen-bond donors (Lipinski definition) is 3. The van der Waals surface area contributed by atoms with E-state index in [2.05, 4.69) is 25.9 Å². The molecule has 0 saturated carbocycles. The van der Waals surface area contributed by atoms with Crippen LogP contribution in [0, 0.1) is 0 Å². The highest BCUT2D eigenvalue weighted by Gasteiger charge is 2.21. The van der Waals surface area contributed by atoms with Crippen molar-refractivity contribution in [3.8, 4) is 11.3 Å². The van der Waals surface area contributed by atoms with Crippen LogP contribution in [0.25, 0.3) is 11.3 Å². The number of halogens is 1. The Labute approximate surface area is 207 Å². The van der Waals surface area contributed by atoms with Gasteiger partial charge in [0.15, 0.2) is 0 Å². The number of benzene rings is 3. The Hall–Kier alpha value is -4.23. The van der Waals surface area contributed by atoms with E-state index in [1.165, 1.54) is 0 Å². The molecule has 0 spiro atoms. The van der Waals surface area contributed by atoms with Gasteiger partial charge in [-0.05, 0) is 55.0 Å². The van der Waals surface area contributed by atoms with Gasteiger partial charge in [-0.3, -0.25) is 9.59 Å². The second-order valence-corrected chi connectivity index (χ2v) is 8.73. The fraction of sp³-hybridized carbons (Fsp3) is 0.111. The van der Waals surface area contributed by atoms with E-state index in [0.29, 0.717) is 27.9 Å². The van der Waals surface area contributed by atoms with Gasteiger partial charge in [-0.1, -0.05) is 41.9 Å². The summed E-state index contributed by atoms with van der Waals surface area (Å²) >= 11 is 6.11. The van der Waals surface area contributed by atoms with Gasteiger partial charge in [-0.25, -0.2) is 9.97 Å². The van der Waals surface area contributed by atoms with Gasteiger partial charge < -0.3 is 16.0 Å². The Morgan fingerprint density at radius 3 is 2.60 bits per heavy atom. The van der Waals surface area contributed by atoms with Crippen LogP contribution in [0.15, 0.2) is 79.0 Å². The van der Waals surface area contributed by atoms with E-state index in [9.17, 15) is 9.59 Å². The number of aromatic nitrogens is 2. The predicted octanol–water partition coefficient (Wildman–Crippen LogP) is 5.53. The Bertz CT molecular complexity index is 1410. The molecule has 0 saturated heterocycles. The smallest absolute Gasteiger partial charge is 0.251 e. The van der Waals surface area contributed by atoms with Gasteiger partial charge in [0.05, 0.1) is 23.8 Å². The predicted molar refractivity (Wildman–Crippen MR) is 137 cm³/mol. The number of rotatable bonds is 5. The minimum atomic E-state index is -0.151. The van der Waals surface area contributed by atoms with Crippen molar-refractivity contribution >= 4 is 40.7 Å². The van der Waals surface area contributed by atoms with Crippen LogP contribution in [-0.2, 0) is 11.2 Å². The van der Waals surface area contributed by atoms with Crippen molar-refractivity contribution < 1.29 is 9.59 Å². The van der Waals surface area contributed by atoms with Crippen molar-refractivity contribution in [1.82, 2.24) is 15.3 Å². The molecule has 1 aliphatic heterocycles. The van der Waals surface area contributed by atoms with Gasteiger partial charge in [-0.15, -0.1) is 0 Å². The largest absolute Gasteiger partial charge is 0.346 e. The van der Waals surface area contributed by atoms with Crippen LogP contribution in [0.5, 0.6) is 0 Å². The van der Waals surface area contributed by atoms with Gasteiger partial charge in [0.2, 0.25) is 11.9 Å². The zero-order valence-electron chi connectivity index (χ0n) is 18.9. The molecule has 0 fully saturated rings. The van der Waals surface area contributed by atoms with Gasteiger partial charge in [0.25, 0.3) is 5.91 Å². The molecule has 0 aliphatic carbocycles. The lowest BCUT2D eigenvalue weighted by atomic mass is 10.1. The Kier molecular flexibility index (Phi) is 6.16. The molecule has 8 heteroatoms. The molecular weight excluding hydrogens is 462 g/mol. The maximum atomic E-state index is 12.7. The summed E-state index contributed by atoms with van der Waals surface area (Å²) in [6, 6.07) is 22.1. The molecule has 2 amide bonds. The average Bonchev–Trinajstić information content (AvgIpc) is 2.99. The highest BCUT2D eigenvalue weighted by Crippen LogP contribution is 2.34. The number of carbonyl (C=O) groups is 2. The molecule has 7 nitrogen and oxygen atoms in total. The Morgan fingerprint density at radius 2 is 1.83 bits per heavy atom. The summed E-state index contributed by atoms with van der Waals surface area (Å²) in [4.78, 5) is 34.0. The zero-order valence-corrected chi connectivity index (χ0v) is 19.6. The molecule has 2 heterocycles. The summed E-state index contributed by atoms with van der Waals surface area (Å²) in [5, 5.41) is 9.59. The molecule has 3 N–H and O–H groups in total. The first-order valence-corrected chi connectivity index (χ1v) is 11.5. The second kappa shape index (κ2) is 9.56. The average molecular weight is 484 g/mol. The number of anilines is 3. The van der Waals surface area contributed by atoms with Crippen LogP contribution in [0.4, 0.5) is 17.3 Å². The standard InChI is InChI=1S/C27H22ClN5O2/c1-16(17-5-3-2-4-6-17)30-26(35)18-7-10-21(11-8-18)31-27-29-15-19-13-24(34)32-23-14-20(28)9-12-22(23)25(19)33-27/h2-12,14-16H,13H2,1H3,(H,30,35)(H,32,34)(H,29,31,33). The normalized spacial score (nSPS) is 13.0. The van der Waals surface area contributed by atoms with Crippen LogP contribution in [0.1, 0.15) is 34.5 Å². The molecule has 1 aliphatic rings. The number of fused-ring (bicyclic) bond motifs is 3. The molecule has 1 aromatic heterocycles. The van der Waals surface area contributed by atoms with Crippen molar-refractivity contribution in [1.29, 1.82) is 0 Å². The summed E-state index contributed by atoms with van der Waals surface area (Å²) in [5.41, 5.74) is 5.12. The van der Waals surface area contributed by atoms with Crippen molar-refractivity contribution in [2.24, 2.45) is 0 Å². The van der Waals surface area contributed by atoms with Gasteiger partial charge >= 0.3 is 0 Å². The lowest BCUT2D eigenvalue weighted by molar-refractivity contribution is -0.115. The molecule has 1 unspecified atom stereocenters. The molecular formula is C27H22ClN5O2. The van der Waals surface area contributed by atoms with E-state index in [1.54, 1.807) is 42.6 Å². The summed E-state index contributed by atoms with van der Waals surface area (Å²) in [7, 11) is 0. The number of nitrogens with zero attached hydrogens (tertiary/aromatic N) is 2. The molecule has 35 heavy (non-hydrogen) atoms. The van der Waals surface area contributed by atoms with Gasteiger partial charge in [0.1, 0.15) is 0 Å². The lowest BCUT2D eigenvalue weighted by Gasteiger charge is -2.14. The molecule has 0 radical (unpaired) electrons. The molecule has 174 valence electrons. The molecule has 4 aromatic rings. The van der Waals surface area contributed by atoms with E-state index in [0.717, 1.165) is 22.4 Å². The number of amides is 2. The van der Waals surface area contributed by atoms with Crippen molar-refractivity contribution in [2.45, 2.75) is 19.4 Å². The maximum absolute atomic E-state index is 12.7. The highest BCUT2D eigenvalue weighted by molar-refractivity contribution is 6.31. The number of hydrogen-bond acceptors (Lipinski definition) is 5. The molecule has 3 aromatic carbocycles. The maximum Gasteiger partial charge on any atom is 0.251 e. The van der Waals surface area contributed by atoms with Gasteiger partial charge in [-0.2, -0.15) is 0 Å². The highest BCUT2D eigenvalue weighted by atomic mass is 35.5. The number of carbonyl (C=O) groups excluding carboxylic acids is 2. The van der Waals surface area contributed by atoms with Crippen molar-refractivity contribution in [2.75, 3.05) is 10.6 Å². The quantitative estimate of drug-likeness (QED) is 0.347. The van der Waals surface area contributed by atoms with E-state index in [1.807, 2.05) is 43.3 Å². The minimum Gasteiger partial charge on any atom is -0.346 e.